The molecule has 7 heteroatoms. The molecule has 0 atom stereocenters. The molecule has 1 aromatic carbocycles. The Bertz CT molecular complexity index is 715. The predicted octanol–water partition coefficient (Wildman–Crippen LogP) is 1.45. The number of nitrogens with one attached hydrogen (secondary N) is 3. The molecule has 0 spiro atoms. The molecule has 0 aliphatic carbocycles. The van der Waals surface area contributed by atoms with E-state index in [1.807, 2.05) is 55.9 Å². The highest BCUT2D eigenvalue weighted by Crippen LogP contribution is 2.09. The number of carbonyl (C=O) groups excluding carboxylic acids is 1. The number of aliphatic imine (C=N–C) groups is 1. The summed E-state index contributed by atoms with van der Waals surface area (Å²) in [5.41, 5.74) is 1.84. The molecule has 0 aliphatic rings. The molecule has 0 saturated carbocycles. The number of benzene rings is 1. The van der Waals surface area contributed by atoms with Crippen LogP contribution >= 0.6 is 0 Å². The molecule has 25 heavy (non-hydrogen) atoms. The van der Waals surface area contributed by atoms with Crippen molar-refractivity contribution >= 4 is 11.9 Å². The first-order valence-electron chi connectivity index (χ1n) is 8.22. The van der Waals surface area contributed by atoms with Crippen LogP contribution in [0.3, 0.4) is 0 Å². The number of aromatic nitrogens is 2. The van der Waals surface area contributed by atoms with E-state index in [4.69, 9.17) is 0 Å². The fraction of sp³-hybridized carbons (Fsp3) is 0.389. The first-order chi connectivity index (χ1) is 11.9. The summed E-state index contributed by atoms with van der Waals surface area (Å²) in [5, 5.41) is 13.4. The molecule has 7 nitrogen and oxygen atoms in total. The number of hydrogen-bond donors (Lipinski definition) is 3. The quantitative estimate of drug-likeness (QED) is 0.567. The third kappa shape index (κ3) is 6.29. The fourth-order valence-corrected chi connectivity index (χ4v) is 2.26. The molecule has 0 radical (unpaired) electrons. The molecule has 0 saturated heterocycles. The van der Waals surface area contributed by atoms with Gasteiger partial charge in [0, 0.05) is 31.5 Å². The lowest BCUT2D eigenvalue weighted by Gasteiger charge is -2.21. The topological polar surface area (TPSA) is 83.3 Å². The van der Waals surface area contributed by atoms with Gasteiger partial charge in [0.25, 0.3) is 0 Å². The van der Waals surface area contributed by atoms with E-state index in [1.54, 1.807) is 13.2 Å². The first-order valence-corrected chi connectivity index (χ1v) is 8.22. The summed E-state index contributed by atoms with van der Waals surface area (Å²) in [6.07, 6.45) is 3.65. The van der Waals surface area contributed by atoms with E-state index < -0.39 is 0 Å². The minimum atomic E-state index is -0.247. The third-order valence-corrected chi connectivity index (χ3v) is 3.29. The average Bonchev–Trinajstić information content (AvgIpc) is 3.08. The maximum atomic E-state index is 11.9. The van der Waals surface area contributed by atoms with Crippen molar-refractivity contribution in [3.63, 3.8) is 0 Å². The molecule has 134 valence electrons. The molecular formula is C18H26N6O. The molecular weight excluding hydrogens is 316 g/mol. The molecule has 0 unspecified atom stereocenters. The number of guanidine groups is 1. The summed E-state index contributed by atoms with van der Waals surface area (Å²) in [6, 6.07) is 9.96. The summed E-state index contributed by atoms with van der Waals surface area (Å²) < 4.78 is 1.81. The van der Waals surface area contributed by atoms with Crippen LogP contribution in [0, 0.1) is 0 Å². The Morgan fingerprint density at radius 1 is 1.24 bits per heavy atom. The molecule has 3 N–H and O–H groups in total. The molecule has 0 aliphatic heterocycles. The Morgan fingerprint density at radius 2 is 2.04 bits per heavy atom. The Kier molecular flexibility index (Phi) is 6.16. The zero-order valence-electron chi connectivity index (χ0n) is 15.2. The van der Waals surface area contributed by atoms with Gasteiger partial charge in [0.05, 0.1) is 12.2 Å². The van der Waals surface area contributed by atoms with Crippen molar-refractivity contribution in [1.82, 2.24) is 25.7 Å². The molecule has 1 amide bonds. The Hall–Kier alpha value is -2.83. The van der Waals surface area contributed by atoms with Crippen molar-refractivity contribution in [2.24, 2.45) is 4.99 Å². The highest BCUT2D eigenvalue weighted by atomic mass is 16.2. The highest BCUT2D eigenvalue weighted by Gasteiger charge is 2.13. The summed E-state index contributed by atoms with van der Waals surface area (Å²) in [5.74, 6) is 0.504. The van der Waals surface area contributed by atoms with Gasteiger partial charge in [-0.1, -0.05) is 12.1 Å². The number of carbonyl (C=O) groups is 1. The van der Waals surface area contributed by atoms with Gasteiger partial charge in [-0.15, -0.1) is 0 Å². The van der Waals surface area contributed by atoms with E-state index in [1.165, 1.54) is 0 Å². The van der Waals surface area contributed by atoms with E-state index in [2.05, 4.69) is 32.1 Å². The second kappa shape index (κ2) is 8.32. The zero-order valence-corrected chi connectivity index (χ0v) is 15.2. The number of rotatable bonds is 5. The molecule has 1 heterocycles. The van der Waals surface area contributed by atoms with Crippen LogP contribution in [-0.2, 0) is 11.3 Å². The van der Waals surface area contributed by atoms with Gasteiger partial charge in [-0.2, -0.15) is 5.10 Å². The van der Waals surface area contributed by atoms with Crippen LogP contribution in [0.1, 0.15) is 26.3 Å². The van der Waals surface area contributed by atoms with Crippen molar-refractivity contribution in [2.75, 3.05) is 13.6 Å². The monoisotopic (exact) mass is 342 g/mol. The second-order valence-corrected chi connectivity index (χ2v) is 6.70. The lowest BCUT2D eigenvalue weighted by Crippen LogP contribution is -2.48. The summed E-state index contributed by atoms with van der Waals surface area (Å²) in [4.78, 5) is 16.0. The first kappa shape index (κ1) is 18.5. The summed E-state index contributed by atoms with van der Waals surface area (Å²) >= 11 is 0. The van der Waals surface area contributed by atoms with Gasteiger partial charge in [-0.25, -0.2) is 4.68 Å². The number of hydrogen-bond acceptors (Lipinski definition) is 3. The van der Waals surface area contributed by atoms with Crippen molar-refractivity contribution in [1.29, 1.82) is 0 Å². The Labute approximate surface area is 148 Å². The van der Waals surface area contributed by atoms with Crippen LogP contribution in [-0.4, -0.2) is 40.8 Å². The normalized spacial score (nSPS) is 11.9. The van der Waals surface area contributed by atoms with Gasteiger partial charge in [0.15, 0.2) is 5.96 Å². The molecule has 2 aromatic rings. The van der Waals surface area contributed by atoms with E-state index in [9.17, 15) is 4.79 Å². The van der Waals surface area contributed by atoms with Crippen LogP contribution in [0.25, 0.3) is 5.69 Å². The smallest absolute Gasteiger partial charge is 0.239 e. The summed E-state index contributed by atoms with van der Waals surface area (Å²) in [6.45, 7) is 6.61. The van der Waals surface area contributed by atoms with Gasteiger partial charge in [0.2, 0.25) is 5.91 Å². The van der Waals surface area contributed by atoms with E-state index in [-0.39, 0.29) is 18.0 Å². The van der Waals surface area contributed by atoms with Gasteiger partial charge in [-0.3, -0.25) is 9.79 Å². The Balaban J connectivity index is 1.87. The van der Waals surface area contributed by atoms with Crippen LogP contribution in [0.2, 0.25) is 0 Å². The lowest BCUT2D eigenvalue weighted by atomic mass is 10.1. The minimum Gasteiger partial charge on any atom is -0.352 e. The molecule has 0 fully saturated rings. The number of amides is 1. The van der Waals surface area contributed by atoms with Crippen LogP contribution in [0.15, 0.2) is 47.7 Å². The van der Waals surface area contributed by atoms with Gasteiger partial charge in [-0.05, 0) is 44.5 Å². The predicted molar refractivity (Wildman–Crippen MR) is 99.7 cm³/mol. The maximum absolute atomic E-state index is 11.9. The fourth-order valence-electron chi connectivity index (χ4n) is 2.26. The molecule has 1 aromatic heterocycles. The minimum absolute atomic E-state index is 0.0730. The molecule has 0 bridgehead atoms. The van der Waals surface area contributed by atoms with Crippen LogP contribution < -0.4 is 16.0 Å². The van der Waals surface area contributed by atoms with Crippen molar-refractivity contribution < 1.29 is 4.79 Å². The van der Waals surface area contributed by atoms with Crippen molar-refractivity contribution in [3.8, 4) is 5.69 Å². The highest BCUT2D eigenvalue weighted by molar-refractivity contribution is 5.86. The lowest BCUT2D eigenvalue weighted by molar-refractivity contribution is -0.121. The number of nitrogens with zero attached hydrogens (tertiary/aromatic N) is 3. The van der Waals surface area contributed by atoms with Crippen LogP contribution in [0.5, 0.6) is 0 Å². The second-order valence-electron chi connectivity index (χ2n) is 6.70. The maximum Gasteiger partial charge on any atom is 0.239 e. The molecule has 2 rings (SSSR count). The van der Waals surface area contributed by atoms with Crippen molar-refractivity contribution in [3.05, 3.63) is 48.3 Å². The largest absolute Gasteiger partial charge is 0.352 e. The zero-order chi connectivity index (χ0) is 18.3. The van der Waals surface area contributed by atoms with Crippen molar-refractivity contribution in [2.45, 2.75) is 32.9 Å². The van der Waals surface area contributed by atoms with Gasteiger partial charge in [0.1, 0.15) is 0 Å². The van der Waals surface area contributed by atoms with Gasteiger partial charge < -0.3 is 16.0 Å². The average molecular weight is 342 g/mol. The SMILES string of the molecule is CN=C(NCC(=O)NC(C)(C)C)NCc1cccc(-n2cccn2)c1. The van der Waals surface area contributed by atoms with E-state index in [0.29, 0.717) is 12.5 Å². The van der Waals surface area contributed by atoms with E-state index in [0.717, 1.165) is 11.3 Å². The Morgan fingerprint density at radius 3 is 2.68 bits per heavy atom. The standard InChI is InChI=1S/C18H26N6O/c1-18(2,3)23-16(25)13-21-17(19-4)20-12-14-7-5-8-15(11-14)24-10-6-9-22-24/h5-11H,12-13H2,1-4H3,(H,23,25)(H2,19,20,21). The van der Waals surface area contributed by atoms with Crippen LogP contribution in [0.4, 0.5) is 0 Å². The third-order valence-electron chi connectivity index (χ3n) is 3.29. The van der Waals surface area contributed by atoms with Gasteiger partial charge >= 0.3 is 0 Å². The summed E-state index contributed by atoms with van der Waals surface area (Å²) in [7, 11) is 1.68. The van der Waals surface area contributed by atoms with E-state index >= 15 is 0 Å².